The lowest BCUT2D eigenvalue weighted by Gasteiger charge is -2.18. The van der Waals surface area contributed by atoms with E-state index >= 15 is 0 Å². The van der Waals surface area contributed by atoms with E-state index in [0.29, 0.717) is 12.8 Å². The van der Waals surface area contributed by atoms with Gasteiger partial charge in [0.15, 0.2) is 6.10 Å². The lowest BCUT2D eigenvalue weighted by molar-refractivity contribution is -0.166. The lowest BCUT2D eigenvalue weighted by Crippen LogP contribution is -2.30. The number of hydrogen-bond acceptors (Lipinski definition) is 6. The van der Waals surface area contributed by atoms with Crippen molar-refractivity contribution in [2.75, 3.05) is 13.2 Å². The lowest BCUT2D eigenvalue weighted by atomic mass is 10.0. The molecule has 6 heteroatoms. The molecule has 1 atom stereocenters. The van der Waals surface area contributed by atoms with Gasteiger partial charge in [0.2, 0.25) is 0 Å². The van der Waals surface area contributed by atoms with E-state index < -0.39 is 12.1 Å². The van der Waals surface area contributed by atoms with Crippen LogP contribution in [0.15, 0.2) is 182 Å². The van der Waals surface area contributed by atoms with Crippen LogP contribution in [0.1, 0.15) is 265 Å². The number of carbonyl (C=O) groups is 3. The number of rotatable bonds is 58. The molecule has 0 aliphatic heterocycles. The maximum Gasteiger partial charge on any atom is 0.309 e. The second kappa shape index (κ2) is 69.0. The predicted octanol–water partition coefficient (Wildman–Crippen LogP) is 23.2. The molecule has 0 radical (unpaired) electrons. The number of allylic oxidation sites excluding steroid dienone is 29. The monoisotopic (exact) mass is 1140 g/mol. The van der Waals surface area contributed by atoms with Gasteiger partial charge in [-0.05, 0) is 122 Å². The van der Waals surface area contributed by atoms with Gasteiger partial charge in [0.1, 0.15) is 13.2 Å². The highest BCUT2D eigenvalue weighted by Crippen LogP contribution is 2.15. The van der Waals surface area contributed by atoms with Crippen LogP contribution in [0.3, 0.4) is 0 Å². The molecule has 0 aliphatic carbocycles. The van der Waals surface area contributed by atoms with Crippen molar-refractivity contribution in [2.45, 2.75) is 271 Å². The van der Waals surface area contributed by atoms with Crippen molar-refractivity contribution in [3.8, 4) is 0 Å². The fourth-order valence-electron chi connectivity index (χ4n) is 8.54. The Morgan fingerprint density at radius 2 is 0.518 bits per heavy atom. The van der Waals surface area contributed by atoms with Gasteiger partial charge in [-0.25, -0.2) is 0 Å². The normalized spacial score (nSPS) is 13.3. The Morgan fingerprint density at radius 3 is 0.843 bits per heavy atom. The molecule has 0 fully saturated rings. The first-order valence-electron chi connectivity index (χ1n) is 33.3. The van der Waals surface area contributed by atoms with Crippen LogP contribution in [0, 0.1) is 0 Å². The summed E-state index contributed by atoms with van der Waals surface area (Å²) in [4.78, 5) is 38.3. The minimum atomic E-state index is -0.845. The fourth-order valence-corrected chi connectivity index (χ4v) is 8.54. The fraction of sp³-hybridized carbons (Fsp3) is 0.571. The molecule has 6 nitrogen and oxygen atoms in total. The molecular weight excluding hydrogens is 1020 g/mol. The quantitative estimate of drug-likeness (QED) is 0.0261. The van der Waals surface area contributed by atoms with E-state index in [-0.39, 0.29) is 38.0 Å². The van der Waals surface area contributed by atoms with Gasteiger partial charge in [0.25, 0.3) is 0 Å². The van der Waals surface area contributed by atoms with Crippen molar-refractivity contribution < 1.29 is 28.6 Å². The van der Waals surface area contributed by atoms with Crippen LogP contribution in [0.5, 0.6) is 0 Å². The molecule has 0 amide bonds. The molecule has 0 rings (SSSR count). The molecule has 0 saturated heterocycles. The summed E-state index contributed by atoms with van der Waals surface area (Å²) >= 11 is 0. The second-order valence-electron chi connectivity index (χ2n) is 21.3. The summed E-state index contributed by atoms with van der Waals surface area (Å²) in [5, 5.41) is 0. The maximum atomic E-state index is 12.9. The van der Waals surface area contributed by atoms with Crippen LogP contribution in [-0.4, -0.2) is 37.2 Å². The average Bonchev–Trinajstić information content (AvgIpc) is 3.49. The molecule has 0 saturated carbocycles. The van der Waals surface area contributed by atoms with Crippen LogP contribution < -0.4 is 0 Å². The van der Waals surface area contributed by atoms with Crippen LogP contribution in [0.4, 0.5) is 0 Å². The molecule has 0 aromatic carbocycles. The summed E-state index contributed by atoms with van der Waals surface area (Å²) in [5.74, 6) is -1.11. The Hall–Kier alpha value is -5.49. The van der Waals surface area contributed by atoms with Crippen LogP contribution in [0.25, 0.3) is 0 Å². The number of carbonyl (C=O) groups excluding carboxylic acids is 3. The molecule has 0 bridgehead atoms. The maximum absolute atomic E-state index is 12.9. The molecule has 464 valence electrons. The van der Waals surface area contributed by atoms with Gasteiger partial charge in [0, 0.05) is 12.8 Å². The van der Waals surface area contributed by atoms with Gasteiger partial charge in [-0.1, -0.05) is 306 Å². The van der Waals surface area contributed by atoms with E-state index in [1.54, 1.807) is 6.08 Å². The Kier molecular flexibility index (Phi) is 64.4. The molecule has 0 spiro atoms. The SMILES string of the molecule is CC/C=C\C/C=C\C/C=C\C/C=C\C/C=C\C/C=C\C/C=C\C/C=C\C/C=C\C/C=C\CCCCC(=O)OCC(COC(=O)C/C=C\C/C=C\C/C=C\C/C=C\C/C=C\CC)OC(=O)CCCCCCCCCCCCCCCCCCC. The highest BCUT2D eigenvalue weighted by Gasteiger charge is 2.19. The van der Waals surface area contributed by atoms with Crippen molar-refractivity contribution >= 4 is 17.9 Å². The predicted molar refractivity (Wildman–Crippen MR) is 361 cm³/mol. The van der Waals surface area contributed by atoms with Gasteiger partial charge in [-0.3, -0.25) is 14.4 Å². The smallest absolute Gasteiger partial charge is 0.309 e. The van der Waals surface area contributed by atoms with Crippen molar-refractivity contribution in [3.63, 3.8) is 0 Å². The van der Waals surface area contributed by atoms with Gasteiger partial charge in [0.05, 0.1) is 6.42 Å². The third-order valence-electron chi connectivity index (χ3n) is 13.4. The number of hydrogen-bond donors (Lipinski definition) is 0. The Morgan fingerprint density at radius 1 is 0.265 bits per heavy atom. The molecule has 0 aromatic rings. The molecule has 83 heavy (non-hydrogen) atoms. The molecule has 0 N–H and O–H groups in total. The van der Waals surface area contributed by atoms with Crippen LogP contribution >= 0.6 is 0 Å². The van der Waals surface area contributed by atoms with Crippen molar-refractivity contribution in [1.29, 1.82) is 0 Å². The summed E-state index contributed by atoms with van der Waals surface area (Å²) in [6, 6.07) is 0. The van der Waals surface area contributed by atoms with Crippen molar-refractivity contribution in [3.05, 3.63) is 182 Å². The summed E-state index contributed by atoms with van der Waals surface area (Å²) in [6.45, 7) is 6.29. The average molecular weight is 1140 g/mol. The number of unbranched alkanes of at least 4 members (excludes halogenated alkanes) is 18. The van der Waals surface area contributed by atoms with E-state index in [4.69, 9.17) is 14.2 Å². The highest BCUT2D eigenvalue weighted by atomic mass is 16.6. The van der Waals surface area contributed by atoms with E-state index in [9.17, 15) is 14.4 Å². The molecule has 0 aliphatic rings. The number of ether oxygens (including phenoxy) is 3. The zero-order valence-corrected chi connectivity index (χ0v) is 53.1. The second-order valence-corrected chi connectivity index (χ2v) is 21.3. The Balaban J connectivity index is 4.48. The summed E-state index contributed by atoms with van der Waals surface area (Å²) in [7, 11) is 0. The zero-order chi connectivity index (χ0) is 59.9. The largest absolute Gasteiger partial charge is 0.462 e. The van der Waals surface area contributed by atoms with Gasteiger partial charge < -0.3 is 14.2 Å². The van der Waals surface area contributed by atoms with Gasteiger partial charge in [-0.15, -0.1) is 0 Å². The highest BCUT2D eigenvalue weighted by molar-refractivity contribution is 5.72. The van der Waals surface area contributed by atoms with E-state index in [1.807, 2.05) is 6.08 Å². The first-order valence-corrected chi connectivity index (χ1v) is 33.3. The molecule has 0 aromatic heterocycles. The Labute approximate surface area is 510 Å². The molecular formula is C77H120O6. The van der Waals surface area contributed by atoms with Crippen molar-refractivity contribution in [1.82, 2.24) is 0 Å². The van der Waals surface area contributed by atoms with Crippen LogP contribution in [0.2, 0.25) is 0 Å². The van der Waals surface area contributed by atoms with E-state index in [2.05, 4.69) is 191 Å². The number of esters is 3. The third kappa shape index (κ3) is 67.2. The first-order chi connectivity index (χ1) is 41.0. The summed E-state index contributed by atoms with van der Waals surface area (Å²) < 4.78 is 16.8. The molecule has 1 unspecified atom stereocenters. The third-order valence-corrected chi connectivity index (χ3v) is 13.4. The van der Waals surface area contributed by atoms with Crippen LogP contribution in [-0.2, 0) is 28.6 Å². The summed E-state index contributed by atoms with van der Waals surface area (Å²) in [6.07, 6.45) is 104. The molecule has 0 heterocycles. The van der Waals surface area contributed by atoms with E-state index in [0.717, 1.165) is 128 Å². The minimum absolute atomic E-state index is 0.112. The Bertz CT molecular complexity index is 1940. The summed E-state index contributed by atoms with van der Waals surface area (Å²) in [5.41, 5.74) is 0. The van der Waals surface area contributed by atoms with E-state index in [1.165, 1.54) is 89.9 Å². The zero-order valence-electron chi connectivity index (χ0n) is 53.1. The minimum Gasteiger partial charge on any atom is -0.462 e. The first kappa shape index (κ1) is 77.5. The van der Waals surface area contributed by atoms with Gasteiger partial charge >= 0.3 is 17.9 Å². The van der Waals surface area contributed by atoms with Crippen molar-refractivity contribution in [2.24, 2.45) is 0 Å². The standard InChI is InChI=1S/C77H120O6/c1-4-7-10-13-16-19-22-25-28-30-31-32-33-34-35-36-37-38-39-40-41-42-43-44-45-47-49-52-55-58-61-64-67-70-76(79)82-73-74(72-81-75(78)69-66-63-60-57-54-51-48-27-24-21-18-15-12-9-6-3)83-77(80)71-68-65-62-59-56-53-50-46-29-26-23-20-17-14-11-8-5-2/h7,9-10,12,16,18-19,21,25,27-28,31-32,34-35,37-38,40-41,43-44,47-49,54-55,57-58,63,66,74H,4-6,8,11,13-15,17,20,22-24,26,29-30,33,36,39,42,45-46,50-53,56,59-62,64-65,67-73H2,1-3H3/b10-7-,12-9-,19-16-,21-18-,28-25-,32-31-,35-34-,38-37-,41-40-,44-43-,48-27-,49-47-,57-54-,58-55-,66-63-. The van der Waals surface area contributed by atoms with Gasteiger partial charge in [-0.2, -0.15) is 0 Å². The topological polar surface area (TPSA) is 78.9 Å².